The predicted molar refractivity (Wildman–Crippen MR) is 103 cm³/mol. The van der Waals surface area contributed by atoms with Gasteiger partial charge in [0.25, 0.3) is 5.91 Å². The molecule has 4 rings (SSSR count). The van der Waals surface area contributed by atoms with Crippen LogP contribution in [0.15, 0.2) is 18.2 Å². The Morgan fingerprint density at radius 2 is 1.93 bits per heavy atom. The number of amides is 1. The van der Waals surface area contributed by atoms with E-state index < -0.39 is 16.9 Å². The molecule has 2 fully saturated rings. The van der Waals surface area contributed by atoms with E-state index in [1.165, 1.54) is 19.3 Å². The molecule has 1 unspecified atom stereocenters. The van der Waals surface area contributed by atoms with Crippen molar-refractivity contribution in [2.24, 2.45) is 0 Å². The molecular formula is C20H28N2O4S. The molecule has 0 aromatic heterocycles. The van der Waals surface area contributed by atoms with E-state index in [-0.39, 0.29) is 5.60 Å². The molecule has 1 saturated heterocycles. The number of benzene rings is 1. The fourth-order valence-electron chi connectivity index (χ4n) is 4.61. The average Bonchev–Trinajstić information content (AvgIpc) is 2.73. The van der Waals surface area contributed by atoms with Crippen molar-refractivity contribution in [3.63, 3.8) is 0 Å². The summed E-state index contributed by atoms with van der Waals surface area (Å²) in [6.45, 7) is 1.60. The van der Waals surface area contributed by atoms with Crippen LogP contribution in [0.3, 0.4) is 0 Å². The molecule has 1 aliphatic carbocycles. The molecule has 2 N–H and O–H groups in total. The van der Waals surface area contributed by atoms with Gasteiger partial charge in [0.15, 0.2) is 0 Å². The van der Waals surface area contributed by atoms with E-state index in [4.69, 9.17) is 9.94 Å². The first-order chi connectivity index (χ1) is 13.1. The minimum absolute atomic E-state index is 0.228. The first kappa shape index (κ1) is 18.9. The standard InChI is InChI=1S/C20H28N2O4S/c23-19(21-24)16-7-6-15-8-9-20(26-18(15)14-16)10-12-22(13-11-20)27(25)17-4-2-1-3-5-17/h6-7,14,17,24H,1-5,8-13H2,(H,21,23). The van der Waals surface area contributed by atoms with Crippen molar-refractivity contribution in [3.05, 3.63) is 29.3 Å². The third-order valence-electron chi connectivity index (χ3n) is 6.33. The molecule has 27 heavy (non-hydrogen) atoms. The summed E-state index contributed by atoms with van der Waals surface area (Å²) in [6.07, 6.45) is 9.47. The van der Waals surface area contributed by atoms with Gasteiger partial charge in [0, 0.05) is 36.7 Å². The molecule has 2 heterocycles. The Bertz CT molecular complexity index is 725. The van der Waals surface area contributed by atoms with E-state index >= 15 is 0 Å². The van der Waals surface area contributed by atoms with Crippen molar-refractivity contribution >= 4 is 16.9 Å². The summed E-state index contributed by atoms with van der Waals surface area (Å²) < 4.78 is 21.4. The number of aryl methyl sites for hydroxylation is 1. The van der Waals surface area contributed by atoms with Gasteiger partial charge in [0.2, 0.25) is 0 Å². The van der Waals surface area contributed by atoms with E-state index in [2.05, 4.69) is 4.31 Å². The molecule has 7 heteroatoms. The summed E-state index contributed by atoms with van der Waals surface area (Å²) in [5, 5.41) is 9.18. The zero-order valence-corrected chi connectivity index (χ0v) is 16.4. The number of fused-ring (bicyclic) bond motifs is 1. The summed E-state index contributed by atoms with van der Waals surface area (Å²) in [7, 11) is -0.873. The summed E-state index contributed by atoms with van der Waals surface area (Å²) in [5.41, 5.74) is 2.94. The number of nitrogens with one attached hydrogen (secondary N) is 1. The van der Waals surface area contributed by atoms with Gasteiger partial charge in [-0.1, -0.05) is 25.3 Å². The van der Waals surface area contributed by atoms with Gasteiger partial charge >= 0.3 is 0 Å². The Kier molecular flexibility index (Phi) is 5.53. The fourth-order valence-corrected chi connectivity index (χ4v) is 6.31. The first-order valence-corrected chi connectivity index (χ1v) is 11.2. The van der Waals surface area contributed by atoms with Crippen LogP contribution in [0.5, 0.6) is 5.75 Å². The Morgan fingerprint density at radius 3 is 2.63 bits per heavy atom. The molecule has 148 valence electrons. The number of rotatable bonds is 3. The van der Waals surface area contributed by atoms with Gasteiger partial charge in [0.1, 0.15) is 11.4 Å². The Labute approximate surface area is 162 Å². The van der Waals surface area contributed by atoms with E-state index in [1.54, 1.807) is 17.6 Å². The molecular weight excluding hydrogens is 364 g/mol. The number of nitrogens with zero attached hydrogens (tertiary/aromatic N) is 1. The zero-order chi connectivity index (χ0) is 18.9. The molecule has 1 saturated carbocycles. The lowest BCUT2D eigenvalue weighted by Gasteiger charge is -2.44. The lowest BCUT2D eigenvalue weighted by atomic mass is 9.83. The van der Waals surface area contributed by atoms with Crippen molar-refractivity contribution < 1.29 is 18.9 Å². The number of hydroxylamine groups is 1. The number of carbonyl (C=O) groups is 1. The van der Waals surface area contributed by atoms with Gasteiger partial charge in [-0.25, -0.2) is 14.0 Å². The van der Waals surface area contributed by atoms with Crippen LogP contribution in [0.1, 0.15) is 67.3 Å². The van der Waals surface area contributed by atoms with E-state index in [1.807, 2.05) is 6.07 Å². The predicted octanol–water partition coefficient (Wildman–Crippen LogP) is 2.96. The van der Waals surface area contributed by atoms with E-state index in [0.29, 0.717) is 10.8 Å². The molecule has 1 spiro atoms. The van der Waals surface area contributed by atoms with Crippen LogP contribution in [0.25, 0.3) is 0 Å². The van der Waals surface area contributed by atoms with Gasteiger partial charge in [-0.2, -0.15) is 0 Å². The maximum Gasteiger partial charge on any atom is 0.274 e. The van der Waals surface area contributed by atoms with Gasteiger partial charge in [-0.05, 0) is 43.4 Å². The van der Waals surface area contributed by atoms with Crippen LogP contribution < -0.4 is 10.2 Å². The third-order valence-corrected chi connectivity index (χ3v) is 8.25. The molecule has 3 aliphatic rings. The van der Waals surface area contributed by atoms with Crippen LogP contribution in [0, 0.1) is 0 Å². The highest BCUT2D eigenvalue weighted by Gasteiger charge is 2.41. The van der Waals surface area contributed by atoms with Crippen LogP contribution >= 0.6 is 0 Å². The summed E-state index contributed by atoms with van der Waals surface area (Å²) in [6, 6.07) is 5.33. The van der Waals surface area contributed by atoms with Crippen LogP contribution in [0.2, 0.25) is 0 Å². The molecule has 2 aliphatic heterocycles. The molecule has 6 nitrogen and oxygen atoms in total. The summed E-state index contributed by atoms with van der Waals surface area (Å²) >= 11 is 0. The Balaban J connectivity index is 1.41. The van der Waals surface area contributed by atoms with Crippen LogP contribution in [-0.2, 0) is 17.4 Å². The molecule has 1 aromatic rings. The molecule has 1 aromatic carbocycles. The molecule has 0 radical (unpaired) electrons. The van der Waals surface area contributed by atoms with E-state index in [0.717, 1.165) is 62.9 Å². The quantitative estimate of drug-likeness (QED) is 0.612. The minimum atomic E-state index is -0.873. The number of hydrogen-bond donors (Lipinski definition) is 2. The van der Waals surface area contributed by atoms with Crippen LogP contribution in [-0.4, -0.2) is 43.6 Å². The number of hydrogen-bond acceptors (Lipinski definition) is 4. The van der Waals surface area contributed by atoms with Crippen molar-refractivity contribution in [3.8, 4) is 5.75 Å². The number of carbonyl (C=O) groups excluding carboxylic acids is 1. The SMILES string of the molecule is O=C(NO)c1ccc2c(c1)OC1(CC2)CCN(S(=O)C2CCCCC2)CC1. The smallest absolute Gasteiger partial charge is 0.274 e. The van der Waals surface area contributed by atoms with Gasteiger partial charge in [-0.3, -0.25) is 10.0 Å². The topological polar surface area (TPSA) is 78.9 Å². The largest absolute Gasteiger partial charge is 0.487 e. The minimum Gasteiger partial charge on any atom is -0.487 e. The summed E-state index contributed by atoms with van der Waals surface area (Å²) in [5.74, 6) is 0.211. The van der Waals surface area contributed by atoms with Crippen molar-refractivity contribution in [1.82, 2.24) is 9.79 Å². The maximum atomic E-state index is 12.9. The third kappa shape index (κ3) is 3.91. The van der Waals surface area contributed by atoms with Crippen molar-refractivity contribution in [1.29, 1.82) is 0 Å². The van der Waals surface area contributed by atoms with Gasteiger partial charge in [0.05, 0.1) is 11.0 Å². The van der Waals surface area contributed by atoms with E-state index in [9.17, 15) is 9.00 Å². The lowest BCUT2D eigenvalue weighted by molar-refractivity contribution is 0.00229. The average molecular weight is 393 g/mol. The number of ether oxygens (including phenoxy) is 1. The van der Waals surface area contributed by atoms with Crippen LogP contribution in [0.4, 0.5) is 0 Å². The second-order valence-electron chi connectivity index (χ2n) is 8.01. The van der Waals surface area contributed by atoms with Crippen molar-refractivity contribution in [2.75, 3.05) is 13.1 Å². The second kappa shape index (κ2) is 7.89. The second-order valence-corrected chi connectivity index (χ2v) is 9.75. The summed E-state index contributed by atoms with van der Waals surface area (Å²) in [4.78, 5) is 11.7. The highest BCUT2D eigenvalue weighted by Crippen LogP contribution is 2.40. The fraction of sp³-hybridized carbons (Fsp3) is 0.650. The highest BCUT2D eigenvalue weighted by atomic mass is 32.2. The van der Waals surface area contributed by atoms with Gasteiger partial charge < -0.3 is 4.74 Å². The molecule has 1 amide bonds. The highest BCUT2D eigenvalue weighted by molar-refractivity contribution is 7.83. The monoisotopic (exact) mass is 392 g/mol. The Morgan fingerprint density at radius 1 is 1.19 bits per heavy atom. The number of piperidine rings is 1. The van der Waals surface area contributed by atoms with Crippen molar-refractivity contribution in [2.45, 2.75) is 68.6 Å². The molecule has 1 atom stereocenters. The van der Waals surface area contributed by atoms with Gasteiger partial charge in [-0.15, -0.1) is 0 Å². The Hall–Kier alpha value is -1.44. The molecule has 0 bridgehead atoms. The first-order valence-electron chi connectivity index (χ1n) is 10.0. The maximum absolute atomic E-state index is 12.9. The zero-order valence-electron chi connectivity index (χ0n) is 15.6. The normalized spacial score (nSPS) is 24.0. The lowest BCUT2D eigenvalue weighted by Crippen LogP contribution is -2.51.